The standard InChI is InChI=1S/C18H17ClN4O4S2/c19-15-7-6-14(28-15)17-20-21-18(27-17)29(25,26)12-16(24)23-10-8-22(9-11-23)13-4-2-1-3-5-13/h1-7H,8-12H2. The van der Waals surface area contributed by atoms with E-state index in [9.17, 15) is 13.2 Å². The summed E-state index contributed by atoms with van der Waals surface area (Å²) in [6.45, 7) is 2.18. The number of benzene rings is 1. The van der Waals surface area contributed by atoms with Crippen LogP contribution in [0.4, 0.5) is 5.69 Å². The van der Waals surface area contributed by atoms with Gasteiger partial charge in [0.25, 0.3) is 5.89 Å². The quantitative estimate of drug-likeness (QED) is 0.586. The predicted octanol–water partition coefficient (Wildman–Crippen LogP) is 2.57. The lowest BCUT2D eigenvalue weighted by Gasteiger charge is -2.36. The summed E-state index contributed by atoms with van der Waals surface area (Å²) >= 11 is 7.06. The zero-order valence-electron chi connectivity index (χ0n) is 15.2. The van der Waals surface area contributed by atoms with Gasteiger partial charge in [0.2, 0.25) is 15.7 Å². The first-order chi connectivity index (χ1) is 13.9. The highest BCUT2D eigenvalue weighted by atomic mass is 35.5. The molecule has 152 valence electrons. The van der Waals surface area contributed by atoms with Gasteiger partial charge in [0, 0.05) is 31.9 Å². The van der Waals surface area contributed by atoms with Crippen LogP contribution in [0.3, 0.4) is 0 Å². The van der Waals surface area contributed by atoms with Crippen molar-refractivity contribution >= 4 is 44.4 Å². The van der Waals surface area contributed by atoms with E-state index in [2.05, 4.69) is 15.1 Å². The second-order valence-corrected chi connectivity index (χ2v) is 10.0. The van der Waals surface area contributed by atoms with Gasteiger partial charge in [-0.1, -0.05) is 34.9 Å². The van der Waals surface area contributed by atoms with E-state index >= 15 is 0 Å². The maximum absolute atomic E-state index is 12.5. The molecule has 1 fully saturated rings. The molecule has 0 bridgehead atoms. The van der Waals surface area contributed by atoms with E-state index in [1.807, 2.05) is 30.3 Å². The molecule has 1 saturated heterocycles. The van der Waals surface area contributed by atoms with Crippen LogP contribution in [0.15, 0.2) is 52.1 Å². The maximum atomic E-state index is 12.5. The molecule has 1 aromatic carbocycles. The number of halogens is 1. The van der Waals surface area contributed by atoms with E-state index in [0.717, 1.165) is 5.69 Å². The number of aromatic nitrogens is 2. The minimum Gasteiger partial charge on any atom is -0.407 e. The number of nitrogens with zero attached hydrogens (tertiary/aromatic N) is 4. The van der Waals surface area contributed by atoms with Crippen molar-refractivity contribution in [1.29, 1.82) is 0 Å². The maximum Gasteiger partial charge on any atom is 0.336 e. The van der Waals surface area contributed by atoms with Gasteiger partial charge in [0.15, 0.2) is 0 Å². The van der Waals surface area contributed by atoms with Crippen molar-refractivity contribution in [3.63, 3.8) is 0 Å². The molecule has 8 nitrogen and oxygen atoms in total. The van der Waals surface area contributed by atoms with Crippen molar-refractivity contribution in [3.05, 3.63) is 46.8 Å². The molecule has 3 aromatic rings. The first-order valence-corrected chi connectivity index (χ1v) is 11.7. The number of amides is 1. The molecule has 0 unspecified atom stereocenters. The Morgan fingerprint density at radius 2 is 1.79 bits per heavy atom. The number of carbonyl (C=O) groups excluding carboxylic acids is 1. The van der Waals surface area contributed by atoms with Crippen molar-refractivity contribution in [3.8, 4) is 10.8 Å². The van der Waals surface area contributed by atoms with Crippen LogP contribution in [0.1, 0.15) is 0 Å². The van der Waals surface area contributed by atoms with Gasteiger partial charge in [0.05, 0.1) is 9.21 Å². The van der Waals surface area contributed by atoms with E-state index in [0.29, 0.717) is 35.4 Å². The number of carbonyl (C=O) groups is 1. The Morgan fingerprint density at radius 1 is 1.07 bits per heavy atom. The molecule has 4 rings (SSSR count). The van der Waals surface area contributed by atoms with Gasteiger partial charge in [-0.05, 0) is 24.3 Å². The van der Waals surface area contributed by atoms with E-state index in [4.69, 9.17) is 16.0 Å². The number of anilines is 1. The molecular weight excluding hydrogens is 436 g/mol. The van der Waals surface area contributed by atoms with Crippen LogP contribution in [-0.4, -0.2) is 61.4 Å². The highest BCUT2D eigenvalue weighted by Gasteiger charge is 2.30. The second-order valence-electron chi connectivity index (χ2n) is 6.44. The van der Waals surface area contributed by atoms with E-state index in [-0.39, 0.29) is 5.89 Å². The van der Waals surface area contributed by atoms with E-state index < -0.39 is 26.7 Å². The van der Waals surface area contributed by atoms with E-state index in [1.165, 1.54) is 11.3 Å². The number of piperazine rings is 1. The fraction of sp³-hybridized carbons (Fsp3) is 0.278. The van der Waals surface area contributed by atoms with Crippen molar-refractivity contribution in [2.45, 2.75) is 5.22 Å². The lowest BCUT2D eigenvalue weighted by molar-refractivity contribution is -0.128. The molecule has 3 heterocycles. The molecule has 0 radical (unpaired) electrons. The summed E-state index contributed by atoms with van der Waals surface area (Å²) in [4.78, 5) is 16.8. The summed E-state index contributed by atoms with van der Waals surface area (Å²) in [6, 6.07) is 13.2. The molecule has 11 heteroatoms. The molecule has 0 N–H and O–H groups in total. The van der Waals surface area contributed by atoms with E-state index in [1.54, 1.807) is 17.0 Å². The smallest absolute Gasteiger partial charge is 0.336 e. The lowest BCUT2D eigenvalue weighted by atomic mass is 10.2. The summed E-state index contributed by atoms with van der Waals surface area (Å²) in [6.07, 6.45) is 0. The first kappa shape index (κ1) is 19.9. The molecule has 1 amide bonds. The zero-order chi connectivity index (χ0) is 20.4. The Bertz CT molecular complexity index is 1110. The number of thiophene rings is 1. The first-order valence-electron chi connectivity index (χ1n) is 8.82. The zero-order valence-corrected chi connectivity index (χ0v) is 17.6. The monoisotopic (exact) mass is 452 g/mol. The molecule has 0 aliphatic carbocycles. The molecule has 2 aromatic heterocycles. The molecule has 29 heavy (non-hydrogen) atoms. The lowest BCUT2D eigenvalue weighted by Crippen LogP contribution is -2.50. The predicted molar refractivity (Wildman–Crippen MR) is 110 cm³/mol. The average Bonchev–Trinajstić information content (AvgIpc) is 3.38. The van der Waals surface area contributed by atoms with Crippen molar-refractivity contribution in [1.82, 2.24) is 15.1 Å². The molecule has 1 aliphatic heterocycles. The number of hydrogen-bond donors (Lipinski definition) is 0. The minimum absolute atomic E-state index is 0.0596. The van der Waals surface area contributed by atoms with Gasteiger partial charge in [-0.15, -0.1) is 16.4 Å². The van der Waals surface area contributed by atoms with Gasteiger partial charge < -0.3 is 14.2 Å². The Labute approximate surface area is 176 Å². The summed E-state index contributed by atoms with van der Waals surface area (Å²) in [7, 11) is -4.03. The van der Waals surface area contributed by atoms with Crippen LogP contribution in [-0.2, 0) is 14.6 Å². The normalized spacial score (nSPS) is 14.9. The number of hydrogen-bond acceptors (Lipinski definition) is 8. The fourth-order valence-corrected chi connectivity index (χ4v) is 5.00. The summed E-state index contributed by atoms with van der Waals surface area (Å²) < 4.78 is 30.9. The van der Waals surface area contributed by atoms with Gasteiger partial charge in [-0.25, -0.2) is 8.42 Å². The summed E-state index contributed by atoms with van der Waals surface area (Å²) in [5.41, 5.74) is 1.08. The SMILES string of the molecule is O=C(CS(=O)(=O)c1nnc(-c2ccc(Cl)s2)o1)N1CCN(c2ccccc2)CC1. The van der Waals surface area contributed by atoms with Crippen LogP contribution >= 0.6 is 22.9 Å². The average molecular weight is 453 g/mol. The molecule has 0 spiro atoms. The number of rotatable bonds is 5. The van der Waals surface area contributed by atoms with Crippen molar-refractivity contribution < 1.29 is 17.6 Å². The van der Waals surface area contributed by atoms with Gasteiger partial charge in [0.1, 0.15) is 5.75 Å². The molecule has 0 saturated carbocycles. The van der Waals surface area contributed by atoms with Crippen molar-refractivity contribution in [2.24, 2.45) is 0 Å². The van der Waals surface area contributed by atoms with Gasteiger partial charge in [-0.3, -0.25) is 4.79 Å². The Balaban J connectivity index is 1.39. The van der Waals surface area contributed by atoms with Crippen LogP contribution in [0.25, 0.3) is 10.8 Å². The third-order valence-electron chi connectivity index (χ3n) is 4.52. The largest absolute Gasteiger partial charge is 0.407 e. The van der Waals surface area contributed by atoms with Crippen molar-refractivity contribution in [2.75, 3.05) is 36.8 Å². The highest BCUT2D eigenvalue weighted by Crippen LogP contribution is 2.30. The molecule has 0 atom stereocenters. The van der Waals surface area contributed by atoms with Crippen LogP contribution in [0.5, 0.6) is 0 Å². The van der Waals surface area contributed by atoms with Gasteiger partial charge >= 0.3 is 5.22 Å². The third kappa shape index (κ3) is 4.44. The Hall–Kier alpha value is -2.43. The minimum atomic E-state index is -4.03. The molecular formula is C18H17ClN4O4S2. The highest BCUT2D eigenvalue weighted by molar-refractivity contribution is 7.91. The molecule has 1 aliphatic rings. The second kappa shape index (κ2) is 8.13. The topological polar surface area (TPSA) is 96.6 Å². The van der Waals surface area contributed by atoms with Crippen LogP contribution in [0.2, 0.25) is 4.34 Å². The Kier molecular flexibility index (Phi) is 5.57. The summed E-state index contributed by atoms with van der Waals surface area (Å²) in [5.74, 6) is -1.12. The number of sulfone groups is 1. The van der Waals surface area contributed by atoms with Gasteiger partial charge in [-0.2, -0.15) is 0 Å². The fourth-order valence-electron chi connectivity index (χ4n) is 3.03. The van der Waals surface area contributed by atoms with Crippen LogP contribution in [0, 0.1) is 0 Å². The van der Waals surface area contributed by atoms with Crippen LogP contribution < -0.4 is 4.90 Å². The Morgan fingerprint density at radius 3 is 2.45 bits per heavy atom. The summed E-state index contributed by atoms with van der Waals surface area (Å²) in [5, 5.41) is 6.80. The number of para-hydroxylation sites is 1. The third-order valence-corrected chi connectivity index (χ3v) is 7.07.